The number of hydrogen-bond acceptors (Lipinski definition) is 2. The third-order valence-corrected chi connectivity index (χ3v) is 3.52. The fourth-order valence-electron chi connectivity index (χ4n) is 1.92. The molecule has 4 nitrogen and oxygen atoms in total. The second-order valence-corrected chi connectivity index (χ2v) is 6.59. The first kappa shape index (κ1) is 14.6. The molecule has 0 saturated heterocycles. The van der Waals surface area contributed by atoms with E-state index in [0.29, 0.717) is 11.6 Å². The van der Waals surface area contributed by atoms with Crippen LogP contribution < -0.4 is 10.6 Å². The van der Waals surface area contributed by atoms with Gasteiger partial charge in [-0.15, -0.1) is 0 Å². The molecule has 1 fully saturated rings. The number of rotatable bonds is 3. The normalized spacial score (nSPS) is 21.2. The molecule has 0 aliphatic heterocycles. The molecule has 0 spiro atoms. The number of amides is 2. The fraction of sp³-hybridized carbons (Fsp3) is 0.500. The molecule has 1 aliphatic carbocycles. The first-order chi connectivity index (χ1) is 9.27. The Balaban J connectivity index is 2.01. The summed E-state index contributed by atoms with van der Waals surface area (Å²) >= 11 is 0. The summed E-state index contributed by atoms with van der Waals surface area (Å²) in [6.07, 6.45) is 0.965. The molecule has 4 heteroatoms. The van der Waals surface area contributed by atoms with Crippen molar-refractivity contribution in [3.05, 3.63) is 24.3 Å². The lowest BCUT2D eigenvalue weighted by molar-refractivity contribution is -0.123. The monoisotopic (exact) mass is 274 g/mol. The van der Waals surface area contributed by atoms with E-state index in [1.165, 1.54) is 0 Å². The topological polar surface area (TPSA) is 58.2 Å². The summed E-state index contributed by atoms with van der Waals surface area (Å²) in [6.45, 7) is 7.66. The molecule has 2 N–H and O–H groups in total. The van der Waals surface area contributed by atoms with Crippen LogP contribution in [0.15, 0.2) is 24.3 Å². The zero-order chi connectivity index (χ0) is 14.9. The van der Waals surface area contributed by atoms with Crippen molar-refractivity contribution in [1.29, 1.82) is 0 Å². The van der Waals surface area contributed by atoms with Crippen LogP contribution >= 0.6 is 0 Å². The Morgan fingerprint density at radius 2 is 1.70 bits per heavy atom. The van der Waals surface area contributed by atoms with E-state index in [1.807, 2.05) is 39.0 Å². The highest BCUT2D eigenvalue weighted by Gasteiger charge is 2.39. The van der Waals surface area contributed by atoms with Gasteiger partial charge >= 0.3 is 0 Å². The van der Waals surface area contributed by atoms with E-state index in [-0.39, 0.29) is 17.7 Å². The van der Waals surface area contributed by atoms with Crippen LogP contribution in [-0.2, 0) is 9.59 Å². The van der Waals surface area contributed by atoms with Gasteiger partial charge in [-0.25, -0.2) is 0 Å². The lowest BCUT2D eigenvalue weighted by atomic mass is 9.95. The maximum absolute atomic E-state index is 11.9. The molecular weight excluding hydrogens is 252 g/mol. The lowest BCUT2D eigenvalue weighted by Crippen LogP contribution is -2.27. The summed E-state index contributed by atoms with van der Waals surface area (Å²) < 4.78 is 0. The number of benzene rings is 1. The highest BCUT2D eigenvalue weighted by Crippen LogP contribution is 2.38. The van der Waals surface area contributed by atoms with E-state index in [0.717, 1.165) is 12.1 Å². The zero-order valence-electron chi connectivity index (χ0n) is 12.5. The molecule has 2 atom stereocenters. The second-order valence-electron chi connectivity index (χ2n) is 6.59. The SMILES string of the molecule is C[C@@H]1C[C@@H]1C(=O)Nc1cccc(NC(=O)C(C)(C)C)c1. The Morgan fingerprint density at radius 3 is 2.20 bits per heavy atom. The van der Waals surface area contributed by atoms with Gasteiger partial charge in [-0.3, -0.25) is 9.59 Å². The Labute approximate surface area is 119 Å². The average Bonchev–Trinajstić information content (AvgIpc) is 3.05. The molecule has 0 radical (unpaired) electrons. The zero-order valence-corrected chi connectivity index (χ0v) is 12.5. The van der Waals surface area contributed by atoms with E-state index >= 15 is 0 Å². The Morgan fingerprint density at radius 1 is 1.15 bits per heavy atom. The van der Waals surface area contributed by atoms with Crippen molar-refractivity contribution in [3.8, 4) is 0 Å². The Kier molecular flexibility index (Phi) is 3.84. The molecule has 0 aromatic heterocycles. The summed E-state index contributed by atoms with van der Waals surface area (Å²) in [6, 6.07) is 7.26. The number of carbonyl (C=O) groups is 2. The molecule has 0 heterocycles. The van der Waals surface area contributed by atoms with Crippen LogP contribution in [0.3, 0.4) is 0 Å². The predicted octanol–water partition coefficient (Wildman–Crippen LogP) is 3.27. The Bertz CT molecular complexity index is 532. The van der Waals surface area contributed by atoms with Crippen molar-refractivity contribution in [2.24, 2.45) is 17.3 Å². The van der Waals surface area contributed by atoms with E-state index in [1.54, 1.807) is 6.07 Å². The second kappa shape index (κ2) is 5.27. The van der Waals surface area contributed by atoms with Crippen molar-refractivity contribution >= 4 is 23.2 Å². The quantitative estimate of drug-likeness (QED) is 0.888. The standard InChI is InChI=1S/C16H22N2O2/c1-10-8-13(10)14(19)17-11-6-5-7-12(9-11)18-15(20)16(2,3)4/h5-7,9-10,13H,8H2,1-4H3,(H,17,19)(H,18,20)/t10-,13+/m1/s1. The van der Waals surface area contributed by atoms with Crippen LogP contribution in [0.4, 0.5) is 11.4 Å². The number of hydrogen-bond donors (Lipinski definition) is 2. The van der Waals surface area contributed by atoms with E-state index < -0.39 is 5.41 Å². The predicted molar refractivity (Wildman–Crippen MR) is 80.4 cm³/mol. The molecule has 0 bridgehead atoms. The Hall–Kier alpha value is -1.84. The highest BCUT2D eigenvalue weighted by molar-refractivity contribution is 5.97. The molecule has 1 aliphatic rings. The lowest BCUT2D eigenvalue weighted by Gasteiger charge is -2.18. The van der Waals surface area contributed by atoms with E-state index in [2.05, 4.69) is 17.6 Å². The van der Waals surface area contributed by atoms with Gasteiger partial charge in [0, 0.05) is 22.7 Å². The van der Waals surface area contributed by atoms with Crippen LogP contribution in [0.1, 0.15) is 34.1 Å². The van der Waals surface area contributed by atoms with Gasteiger partial charge in [0.1, 0.15) is 0 Å². The largest absolute Gasteiger partial charge is 0.326 e. The number of carbonyl (C=O) groups excluding carboxylic acids is 2. The van der Waals surface area contributed by atoms with Gasteiger partial charge in [0.25, 0.3) is 0 Å². The molecular formula is C16H22N2O2. The van der Waals surface area contributed by atoms with Crippen LogP contribution in [-0.4, -0.2) is 11.8 Å². The summed E-state index contributed by atoms with van der Waals surface area (Å²) in [5, 5.41) is 5.76. The molecule has 108 valence electrons. The van der Waals surface area contributed by atoms with Crippen molar-refractivity contribution in [2.75, 3.05) is 10.6 Å². The minimum Gasteiger partial charge on any atom is -0.326 e. The molecule has 1 aromatic rings. The van der Waals surface area contributed by atoms with E-state index in [4.69, 9.17) is 0 Å². The van der Waals surface area contributed by atoms with Crippen molar-refractivity contribution < 1.29 is 9.59 Å². The molecule has 20 heavy (non-hydrogen) atoms. The van der Waals surface area contributed by atoms with Gasteiger partial charge < -0.3 is 10.6 Å². The molecule has 0 unspecified atom stereocenters. The summed E-state index contributed by atoms with van der Waals surface area (Å²) in [5.74, 6) is 0.648. The minimum atomic E-state index is -0.442. The molecule has 2 rings (SSSR count). The number of nitrogens with one attached hydrogen (secondary N) is 2. The van der Waals surface area contributed by atoms with Crippen LogP contribution in [0.2, 0.25) is 0 Å². The number of anilines is 2. The first-order valence-corrected chi connectivity index (χ1v) is 7.00. The summed E-state index contributed by atoms with van der Waals surface area (Å²) in [4.78, 5) is 23.8. The first-order valence-electron chi connectivity index (χ1n) is 7.00. The van der Waals surface area contributed by atoms with Gasteiger partial charge in [0.05, 0.1) is 0 Å². The molecule has 1 saturated carbocycles. The van der Waals surface area contributed by atoms with Crippen molar-refractivity contribution in [1.82, 2.24) is 0 Å². The highest BCUT2D eigenvalue weighted by atomic mass is 16.2. The average molecular weight is 274 g/mol. The van der Waals surface area contributed by atoms with Gasteiger partial charge in [0.15, 0.2) is 0 Å². The van der Waals surface area contributed by atoms with Crippen molar-refractivity contribution in [2.45, 2.75) is 34.1 Å². The summed E-state index contributed by atoms with van der Waals surface area (Å²) in [5.41, 5.74) is 0.982. The van der Waals surface area contributed by atoms with Crippen LogP contribution in [0.25, 0.3) is 0 Å². The van der Waals surface area contributed by atoms with E-state index in [9.17, 15) is 9.59 Å². The third kappa shape index (κ3) is 3.59. The van der Waals surface area contributed by atoms with Gasteiger partial charge in [-0.05, 0) is 30.5 Å². The molecule has 1 aromatic carbocycles. The third-order valence-electron chi connectivity index (χ3n) is 3.52. The van der Waals surface area contributed by atoms with Crippen LogP contribution in [0.5, 0.6) is 0 Å². The fourth-order valence-corrected chi connectivity index (χ4v) is 1.92. The van der Waals surface area contributed by atoms with Crippen molar-refractivity contribution in [3.63, 3.8) is 0 Å². The summed E-state index contributed by atoms with van der Waals surface area (Å²) in [7, 11) is 0. The smallest absolute Gasteiger partial charge is 0.229 e. The maximum atomic E-state index is 11.9. The molecule has 2 amide bonds. The van der Waals surface area contributed by atoms with Gasteiger partial charge in [0.2, 0.25) is 11.8 Å². The van der Waals surface area contributed by atoms with Gasteiger partial charge in [-0.1, -0.05) is 33.8 Å². The van der Waals surface area contributed by atoms with Crippen LogP contribution in [0, 0.1) is 17.3 Å². The van der Waals surface area contributed by atoms with Gasteiger partial charge in [-0.2, -0.15) is 0 Å². The maximum Gasteiger partial charge on any atom is 0.229 e. The minimum absolute atomic E-state index is 0.0446.